The maximum atomic E-state index is 13.1. The van der Waals surface area contributed by atoms with Crippen LogP contribution in [-0.2, 0) is 4.74 Å². The van der Waals surface area contributed by atoms with E-state index in [-0.39, 0.29) is 24.0 Å². The number of hydrogen-bond acceptors (Lipinski definition) is 4. The Kier molecular flexibility index (Phi) is 6.23. The molecule has 0 aliphatic carbocycles. The number of amides is 2. The fraction of sp³-hybridized carbons (Fsp3) is 0.619. The predicted molar refractivity (Wildman–Crippen MR) is 104 cm³/mol. The largest absolute Gasteiger partial charge is 0.444 e. The molecule has 1 aromatic carbocycles. The molecule has 0 N–H and O–H groups in total. The van der Waals surface area contributed by atoms with Gasteiger partial charge in [0.2, 0.25) is 0 Å². The molecule has 1 aromatic rings. The number of carbonyl (C=O) groups is 2. The molecule has 1 unspecified atom stereocenters. The minimum Gasteiger partial charge on any atom is -0.444 e. The number of carbonyl (C=O) groups excluding carboxylic acids is 2. The molecular weight excluding hydrogens is 361 g/mol. The van der Waals surface area contributed by atoms with Crippen LogP contribution in [-0.4, -0.2) is 71.2 Å². The van der Waals surface area contributed by atoms with E-state index in [0.29, 0.717) is 38.3 Å². The molecule has 0 spiro atoms. The summed E-state index contributed by atoms with van der Waals surface area (Å²) < 4.78 is 18.7. The zero-order chi connectivity index (χ0) is 20.3. The van der Waals surface area contributed by atoms with Gasteiger partial charge in [-0.05, 0) is 64.3 Å². The lowest BCUT2D eigenvalue weighted by molar-refractivity contribution is -0.0350. The molecule has 1 atom stereocenters. The summed E-state index contributed by atoms with van der Waals surface area (Å²) in [6.45, 7) is 8.93. The predicted octanol–water partition coefficient (Wildman–Crippen LogP) is 3.33. The van der Waals surface area contributed by atoms with Crippen LogP contribution < -0.4 is 0 Å². The van der Waals surface area contributed by atoms with Crippen LogP contribution >= 0.6 is 0 Å². The molecule has 2 aliphatic heterocycles. The van der Waals surface area contributed by atoms with Crippen LogP contribution in [0.25, 0.3) is 0 Å². The van der Waals surface area contributed by atoms with E-state index >= 15 is 0 Å². The van der Waals surface area contributed by atoms with Gasteiger partial charge in [-0.1, -0.05) is 0 Å². The van der Waals surface area contributed by atoms with Crippen LogP contribution in [0.5, 0.6) is 0 Å². The Morgan fingerprint density at radius 3 is 2.25 bits per heavy atom. The summed E-state index contributed by atoms with van der Waals surface area (Å²) in [5.41, 5.74) is -0.0118. The molecule has 0 saturated carbocycles. The van der Waals surface area contributed by atoms with Gasteiger partial charge in [-0.3, -0.25) is 14.6 Å². The summed E-state index contributed by atoms with van der Waals surface area (Å²) in [7, 11) is 0. The van der Waals surface area contributed by atoms with Gasteiger partial charge in [0.15, 0.2) is 0 Å². The van der Waals surface area contributed by atoms with Gasteiger partial charge >= 0.3 is 6.09 Å². The van der Waals surface area contributed by atoms with Crippen LogP contribution in [0, 0.1) is 5.82 Å². The molecule has 6 nitrogen and oxygen atoms in total. The highest BCUT2D eigenvalue weighted by atomic mass is 19.1. The van der Waals surface area contributed by atoms with Crippen molar-refractivity contribution in [2.75, 3.05) is 32.7 Å². The smallest absolute Gasteiger partial charge is 0.411 e. The number of piperazine rings is 1. The standard InChI is InChI=1S/C21H30FN3O3/c1-21(2,3)28-20(27)25-11-5-4-6-18(25)23-12-14-24(15-13-23)19(26)16-7-9-17(22)10-8-16/h7-10,18H,4-6,11-15H2,1-3H3. The van der Waals surface area contributed by atoms with Crippen molar-refractivity contribution in [3.05, 3.63) is 35.6 Å². The number of piperidine rings is 1. The molecule has 28 heavy (non-hydrogen) atoms. The Morgan fingerprint density at radius 1 is 1.00 bits per heavy atom. The molecule has 2 aliphatic rings. The lowest BCUT2D eigenvalue weighted by atomic mass is 10.1. The third-order valence-electron chi connectivity index (χ3n) is 5.21. The maximum Gasteiger partial charge on any atom is 0.411 e. The molecule has 2 saturated heterocycles. The van der Waals surface area contributed by atoms with Crippen molar-refractivity contribution in [1.82, 2.24) is 14.7 Å². The second-order valence-corrected chi connectivity index (χ2v) is 8.49. The summed E-state index contributed by atoms with van der Waals surface area (Å²) in [5.74, 6) is -0.423. The number of benzene rings is 1. The van der Waals surface area contributed by atoms with E-state index < -0.39 is 5.60 Å². The van der Waals surface area contributed by atoms with Gasteiger partial charge in [-0.2, -0.15) is 0 Å². The number of ether oxygens (including phenoxy) is 1. The highest BCUT2D eigenvalue weighted by molar-refractivity contribution is 5.94. The van der Waals surface area contributed by atoms with Gasteiger partial charge in [0.25, 0.3) is 5.91 Å². The van der Waals surface area contributed by atoms with E-state index in [0.717, 1.165) is 19.3 Å². The van der Waals surface area contributed by atoms with E-state index in [1.54, 1.807) is 4.90 Å². The third-order valence-corrected chi connectivity index (χ3v) is 5.21. The lowest BCUT2D eigenvalue weighted by Crippen LogP contribution is -2.59. The van der Waals surface area contributed by atoms with Crippen molar-refractivity contribution < 1.29 is 18.7 Å². The average Bonchev–Trinajstić information content (AvgIpc) is 2.67. The van der Waals surface area contributed by atoms with E-state index in [9.17, 15) is 14.0 Å². The highest BCUT2D eigenvalue weighted by Crippen LogP contribution is 2.24. The second-order valence-electron chi connectivity index (χ2n) is 8.49. The maximum absolute atomic E-state index is 13.1. The van der Waals surface area contributed by atoms with Crippen LogP contribution in [0.15, 0.2) is 24.3 Å². The van der Waals surface area contributed by atoms with Crippen molar-refractivity contribution >= 4 is 12.0 Å². The van der Waals surface area contributed by atoms with Crippen LogP contribution in [0.2, 0.25) is 0 Å². The van der Waals surface area contributed by atoms with Crippen molar-refractivity contribution in [3.8, 4) is 0 Å². The van der Waals surface area contributed by atoms with E-state index in [2.05, 4.69) is 4.90 Å². The molecule has 3 rings (SSSR count). The SMILES string of the molecule is CC(C)(C)OC(=O)N1CCCCC1N1CCN(C(=O)c2ccc(F)cc2)CC1. The van der Waals surface area contributed by atoms with Gasteiger partial charge in [0.05, 0.1) is 6.17 Å². The summed E-state index contributed by atoms with van der Waals surface area (Å²) >= 11 is 0. The first-order chi connectivity index (χ1) is 13.2. The van der Waals surface area contributed by atoms with E-state index in [1.165, 1.54) is 24.3 Å². The number of nitrogens with zero attached hydrogens (tertiary/aromatic N) is 3. The van der Waals surface area contributed by atoms with Crippen LogP contribution in [0.4, 0.5) is 9.18 Å². The molecule has 2 fully saturated rings. The van der Waals surface area contributed by atoms with Gasteiger partial charge < -0.3 is 9.64 Å². The van der Waals surface area contributed by atoms with Crippen molar-refractivity contribution in [3.63, 3.8) is 0 Å². The first-order valence-electron chi connectivity index (χ1n) is 10.0. The Morgan fingerprint density at radius 2 is 1.64 bits per heavy atom. The molecule has 2 amide bonds. The second kappa shape index (κ2) is 8.47. The Balaban J connectivity index is 1.60. The topological polar surface area (TPSA) is 53.1 Å². The highest BCUT2D eigenvalue weighted by Gasteiger charge is 2.36. The molecule has 7 heteroatoms. The first-order valence-corrected chi connectivity index (χ1v) is 10.0. The minimum absolute atomic E-state index is 0.0201. The normalized spacial score (nSPS) is 21.5. The van der Waals surface area contributed by atoms with Gasteiger partial charge in [0, 0.05) is 38.3 Å². The monoisotopic (exact) mass is 391 g/mol. The molecule has 154 valence electrons. The van der Waals surface area contributed by atoms with Crippen LogP contribution in [0.3, 0.4) is 0 Å². The summed E-state index contributed by atoms with van der Waals surface area (Å²) in [5, 5.41) is 0. The number of likely N-dealkylation sites (tertiary alicyclic amines) is 1. The number of rotatable bonds is 2. The Bertz CT molecular complexity index is 694. The zero-order valence-electron chi connectivity index (χ0n) is 17.0. The zero-order valence-corrected chi connectivity index (χ0v) is 17.0. The van der Waals surface area contributed by atoms with Crippen molar-refractivity contribution in [2.24, 2.45) is 0 Å². The first kappa shape index (κ1) is 20.6. The molecule has 2 heterocycles. The van der Waals surface area contributed by atoms with Crippen molar-refractivity contribution in [2.45, 2.75) is 51.8 Å². The molecule has 0 radical (unpaired) electrons. The summed E-state index contributed by atoms with van der Waals surface area (Å²) in [6.07, 6.45) is 2.75. The Hall–Kier alpha value is -2.15. The molecule has 0 bridgehead atoms. The molecular formula is C21H30FN3O3. The number of halogens is 1. The van der Waals surface area contributed by atoms with Crippen LogP contribution in [0.1, 0.15) is 50.4 Å². The fourth-order valence-corrected chi connectivity index (χ4v) is 3.83. The quantitative estimate of drug-likeness (QED) is 0.776. The Labute approximate surface area is 166 Å². The average molecular weight is 391 g/mol. The van der Waals surface area contributed by atoms with Crippen molar-refractivity contribution in [1.29, 1.82) is 0 Å². The number of hydrogen-bond donors (Lipinski definition) is 0. The summed E-state index contributed by atoms with van der Waals surface area (Å²) in [4.78, 5) is 31.2. The minimum atomic E-state index is -0.515. The van der Waals surface area contributed by atoms with E-state index in [4.69, 9.17) is 4.74 Å². The third kappa shape index (κ3) is 5.01. The van der Waals surface area contributed by atoms with Gasteiger partial charge in [-0.25, -0.2) is 9.18 Å². The summed E-state index contributed by atoms with van der Waals surface area (Å²) in [6, 6.07) is 5.67. The lowest BCUT2D eigenvalue weighted by Gasteiger charge is -2.45. The van der Waals surface area contributed by atoms with Gasteiger partial charge in [0.1, 0.15) is 11.4 Å². The fourth-order valence-electron chi connectivity index (χ4n) is 3.83. The van der Waals surface area contributed by atoms with E-state index in [1.807, 2.05) is 25.7 Å². The van der Waals surface area contributed by atoms with Gasteiger partial charge in [-0.15, -0.1) is 0 Å². The molecule has 0 aromatic heterocycles.